The van der Waals surface area contributed by atoms with Crippen LogP contribution < -0.4 is 0 Å². The van der Waals surface area contributed by atoms with Crippen LogP contribution in [-0.4, -0.2) is 35.5 Å². The minimum Gasteiger partial charge on any atom is -0.466 e. The number of aliphatic hydroxyl groups excluding tert-OH is 2. The highest BCUT2D eigenvalue weighted by Gasteiger charge is 1.81. The Hall–Kier alpha value is -0.610. The number of carbonyl (C=O) groups is 1. The molecule has 4 heteroatoms. The molecule has 15 heavy (non-hydrogen) atoms. The summed E-state index contributed by atoms with van der Waals surface area (Å²) in [6.07, 6.45) is 1.87. The van der Waals surface area contributed by atoms with Gasteiger partial charge in [-0.2, -0.15) is 0 Å². The fourth-order valence-electron chi connectivity index (χ4n) is 0.361. The predicted molar refractivity (Wildman–Crippen MR) is 61.7 cm³/mol. The smallest absolute Gasteiger partial charge is 0.302 e. The lowest BCUT2D eigenvalue weighted by Gasteiger charge is -1.89. The monoisotopic (exact) mass is 222 g/mol. The maximum absolute atomic E-state index is 9.82. The van der Waals surface area contributed by atoms with Crippen molar-refractivity contribution in [1.29, 1.82) is 0 Å². The molecule has 0 saturated heterocycles. The lowest BCUT2D eigenvalue weighted by Crippen LogP contribution is -1.95. The molecule has 0 aromatic carbocycles. The summed E-state index contributed by atoms with van der Waals surface area (Å²) in [5.41, 5.74) is 0. The molecule has 2 N–H and O–H groups in total. The maximum Gasteiger partial charge on any atom is 0.302 e. The van der Waals surface area contributed by atoms with Crippen LogP contribution in [0.4, 0.5) is 0 Å². The first kappa shape index (κ1) is 19.9. The Labute approximate surface area is 93.3 Å². The standard InChI is InChI=1S/C4H8O2.C4H10O.C3H8O/c1-3-6-4(2)5;1-2-3-4-5;1-3(2)4/h3H2,1-2H3;5H,2-4H2,1H3;3-4H,1-2H3. The van der Waals surface area contributed by atoms with E-state index in [1.54, 1.807) is 20.8 Å². The van der Waals surface area contributed by atoms with Crippen LogP contribution in [0.25, 0.3) is 0 Å². The fraction of sp³-hybridized carbons (Fsp3) is 0.909. The van der Waals surface area contributed by atoms with E-state index in [1.807, 2.05) is 0 Å². The van der Waals surface area contributed by atoms with Gasteiger partial charge in [-0.25, -0.2) is 0 Å². The third-order valence-corrected chi connectivity index (χ3v) is 0.859. The van der Waals surface area contributed by atoms with E-state index < -0.39 is 0 Å². The van der Waals surface area contributed by atoms with E-state index in [0.29, 0.717) is 13.2 Å². The van der Waals surface area contributed by atoms with Gasteiger partial charge in [0.05, 0.1) is 6.61 Å². The lowest BCUT2D eigenvalue weighted by molar-refractivity contribution is -0.140. The van der Waals surface area contributed by atoms with Crippen LogP contribution >= 0.6 is 0 Å². The summed E-state index contributed by atoms with van der Waals surface area (Å²) < 4.78 is 4.40. The van der Waals surface area contributed by atoms with Crippen molar-refractivity contribution in [1.82, 2.24) is 0 Å². The second-order valence-corrected chi connectivity index (χ2v) is 3.10. The number of unbranched alkanes of at least 4 members (excludes halogenated alkanes) is 1. The van der Waals surface area contributed by atoms with Gasteiger partial charge >= 0.3 is 5.97 Å². The fourth-order valence-corrected chi connectivity index (χ4v) is 0.361. The van der Waals surface area contributed by atoms with E-state index in [2.05, 4.69) is 11.7 Å². The zero-order chi connectivity index (χ0) is 12.7. The van der Waals surface area contributed by atoms with E-state index in [-0.39, 0.29) is 12.1 Å². The molecular formula is C11H26O4. The highest BCUT2D eigenvalue weighted by atomic mass is 16.5. The van der Waals surface area contributed by atoms with Gasteiger partial charge in [0.2, 0.25) is 0 Å². The van der Waals surface area contributed by atoms with Gasteiger partial charge in [0, 0.05) is 19.6 Å². The summed E-state index contributed by atoms with van der Waals surface area (Å²) in [4.78, 5) is 9.82. The van der Waals surface area contributed by atoms with Gasteiger partial charge in [0.1, 0.15) is 0 Å². The molecular weight excluding hydrogens is 196 g/mol. The molecule has 0 heterocycles. The summed E-state index contributed by atoms with van der Waals surface area (Å²) >= 11 is 0. The molecule has 4 nitrogen and oxygen atoms in total. The van der Waals surface area contributed by atoms with Crippen molar-refractivity contribution in [2.45, 2.75) is 53.6 Å². The average Bonchev–Trinajstić information content (AvgIpc) is 2.05. The van der Waals surface area contributed by atoms with Crippen LogP contribution in [0.3, 0.4) is 0 Å². The maximum atomic E-state index is 9.82. The normalized spacial score (nSPS) is 8.27. The molecule has 0 aliphatic carbocycles. The number of rotatable bonds is 3. The van der Waals surface area contributed by atoms with Crippen molar-refractivity contribution in [3.63, 3.8) is 0 Å². The molecule has 0 amide bonds. The minimum atomic E-state index is -0.211. The van der Waals surface area contributed by atoms with Crippen LogP contribution in [0.2, 0.25) is 0 Å². The largest absolute Gasteiger partial charge is 0.466 e. The number of aliphatic hydroxyl groups is 2. The second-order valence-electron chi connectivity index (χ2n) is 3.10. The summed E-state index contributed by atoms with van der Waals surface area (Å²) in [7, 11) is 0. The Morgan fingerprint density at radius 2 is 1.73 bits per heavy atom. The molecule has 0 aromatic heterocycles. The van der Waals surface area contributed by atoms with Gasteiger partial charge in [0.15, 0.2) is 0 Å². The van der Waals surface area contributed by atoms with Crippen LogP contribution in [0.15, 0.2) is 0 Å². The van der Waals surface area contributed by atoms with Crippen molar-refractivity contribution in [3.05, 3.63) is 0 Å². The van der Waals surface area contributed by atoms with Crippen LogP contribution in [-0.2, 0) is 9.53 Å². The van der Waals surface area contributed by atoms with Crippen LogP contribution in [0.1, 0.15) is 47.5 Å². The SMILES string of the molecule is CC(C)O.CCCCO.CCOC(C)=O. The van der Waals surface area contributed by atoms with Crippen LogP contribution in [0.5, 0.6) is 0 Å². The van der Waals surface area contributed by atoms with E-state index in [4.69, 9.17) is 10.2 Å². The Bertz CT molecular complexity index is 108. The molecule has 0 rings (SSSR count). The zero-order valence-corrected chi connectivity index (χ0v) is 10.6. The van der Waals surface area contributed by atoms with Crippen molar-refractivity contribution in [2.75, 3.05) is 13.2 Å². The van der Waals surface area contributed by atoms with E-state index in [1.165, 1.54) is 6.92 Å². The summed E-state index contributed by atoms with van der Waals surface area (Å²) in [5, 5.41) is 16.1. The molecule has 94 valence electrons. The first-order valence-corrected chi connectivity index (χ1v) is 5.34. The zero-order valence-electron chi connectivity index (χ0n) is 10.6. The van der Waals surface area contributed by atoms with Crippen LogP contribution in [0, 0.1) is 0 Å². The number of esters is 1. The first-order chi connectivity index (χ1) is 6.92. The second kappa shape index (κ2) is 19.0. The van der Waals surface area contributed by atoms with Gasteiger partial charge in [-0.1, -0.05) is 13.3 Å². The molecule has 0 unspecified atom stereocenters. The lowest BCUT2D eigenvalue weighted by atomic mass is 10.4. The highest BCUT2D eigenvalue weighted by molar-refractivity contribution is 5.65. The van der Waals surface area contributed by atoms with E-state index in [0.717, 1.165) is 12.8 Å². The summed E-state index contributed by atoms with van der Waals surface area (Å²) in [6, 6.07) is 0. The summed E-state index contributed by atoms with van der Waals surface area (Å²) in [5.74, 6) is -0.211. The van der Waals surface area contributed by atoms with Gasteiger partial charge in [0.25, 0.3) is 0 Å². The third kappa shape index (κ3) is 90.1. The van der Waals surface area contributed by atoms with Gasteiger partial charge in [-0.15, -0.1) is 0 Å². The minimum absolute atomic E-state index is 0.167. The van der Waals surface area contributed by atoms with Crippen molar-refractivity contribution in [3.8, 4) is 0 Å². The molecule has 0 fully saturated rings. The first-order valence-electron chi connectivity index (χ1n) is 5.34. The molecule has 0 spiro atoms. The van der Waals surface area contributed by atoms with E-state index >= 15 is 0 Å². The Balaban J connectivity index is -0.000000147. The van der Waals surface area contributed by atoms with E-state index in [9.17, 15) is 4.79 Å². The topological polar surface area (TPSA) is 66.8 Å². The highest BCUT2D eigenvalue weighted by Crippen LogP contribution is 1.78. The van der Waals surface area contributed by atoms with Gasteiger partial charge in [-0.05, 0) is 27.2 Å². The Morgan fingerprint density at radius 1 is 1.33 bits per heavy atom. The van der Waals surface area contributed by atoms with Gasteiger partial charge < -0.3 is 14.9 Å². The molecule has 0 bridgehead atoms. The van der Waals surface area contributed by atoms with Crippen molar-refractivity contribution < 1.29 is 19.7 Å². The van der Waals surface area contributed by atoms with Crippen molar-refractivity contribution >= 4 is 5.97 Å². The number of hydrogen-bond acceptors (Lipinski definition) is 4. The molecule has 0 aromatic rings. The molecule has 0 atom stereocenters. The predicted octanol–water partition coefficient (Wildman–Crippen LogP) is 1.74. The van der Waals surface area contributed by atoms with Crippen molar-refractivity contribution in [2.24, 2.45) is 0 Å². The number of carbonyl (C=O) groups excluding carboxylic acids is 1. The third-order valence-electron chi connectivity index (χ3n) is 0.859. The van der Waals surface area contributed by atoms with Gasteiger partial charge in [-0.3, -0.25) is 4.79 Å². The molecule has 0 radical (unpaired) electrons. The Kier molecular flexibility index (Phi) is 25.2. The summed E-state index contributed by atoms with van der Waals surface area (Å²) in [6.45, 7) is 9.49. The molecule has 0 aliphatic rings. The average molecular weight is 222 g/mol. The number of hydrogen-bond donors (Lipinski definition) is 2. The molecule has 0 saturated carbocycles. The number of ether oxygens (including phenoxy) is 1. The Morgan fingerprint density at radius 3 is 1.73 bits per heavy atom. The quantitative estimate of drug-likeness (QED) is 0.714. The molecule has 0 aliphatic heterocycles.